The lowest BCUT2D eigenvalue weighted by Crippen LogP contribution is -2.08. The predicted molar refractivity (Wildman–Crippen MR) is 69.5 cm³/mol. The number of carbonyl (C=O) groups is 1. The molecule has 0 aliphatic carbocycles. The van der Waals surface area contributed by atoms with E-state index >= 15 is 0 Å². The van der Waals surface area contributed by atoms with Crippen LogP contribution in [-0.2, 0) is 14.6 Å². The molecule has 0 bridgehead atoms. The Morgan fingerprint density at radius 1 is 1.17 bits per heavy atom. The number of unbranched alkanes of at least 4 members (excludes halogenated alkanes) is 1. The molecule has 5 heteroatoms. The first-order valence-corrected chi connectivity index (χ1v) is 7.50. The monoisotopic (exact) mass is 270 g/mol. The van der Waals surface area contributed by atoms with Gasteiger partial charge in [-0.15, -0.1) is 0 Å². The lowest BCUT2D eigenvalue weighted by atomic mass is 10.1. The average Bonchev–Trinajstić information content (AvgIpc) is 2.28. The number of hydrogen-bond acceptors (Lipinski definition) is 3. The number of benzene rings is 1. The first-order chi connectivity index (χ1) is 8.33. The molecule has 0 radical (unpaired) electrons. The minimum absolute atomic E-state index is 0.00276. The van der Waals surface area contributed by atoms with Crippen molar-refractivity contribution in [1.82, 2.24) is 0 Å². The number of rotatable bonds is 6. The normalized spacial score (nSPS) is 11.4. The topological polar surface area (TPSA) is 71.4 Å². The molecule has 0 heterocycles. The molecule has 0 aliphatic heterocycles. The minimum atomic E-state index is -3.29. The van der Waals surface area contributed by atoms with Crippen molar-refractivity contribution in [2.24, 2.45) is 0 Å². The molecule has 4 nitrogen and oxygen atoms in total. The van der Waals surface area contributed by atoms with Crippen molar-refractivity contribution in [2.75, 3.05) is 5.75 Å². The quantitative estimate of drug-likeness (QED) is 0.805. The second-order valence-corrected chi connectivity index (χ2v) is 6.52. The third-order valence-electron chi connectivity index (χ3n) is 2.89. The summed E-state index contributed by atoms with van der Waals surface area (Å²) in [6.07, 6.45) is 0.781. The van der Waals surface area contributed by atoms with Crippen molar-refractivity contribution >= 4 is 15.8 Å². The number of carboxylic acid groups (broad SMARTS) is 1. The van der Waals surface area contributed by atoms with Gasteiger partial charge in [-0.3, -0.25) is 4.79 Å². The Balaban J connectivity index is 2.68. The van der Waals surface area contributed by atoms with Crippen LogP contribution in [0.2, 0.25) is 0 Å². The number of carboxylic acids is 1. The lowest BCUT2D eigenvalue weighted by molar-refractivity contribution is -0.137. The van der Waals surface area contributed by atoms with Crippen LogP contribution in [0.3, 0.4) is 0 Å². The molecule has 0 saturated carbocycles. The molecular weight excluding hydrogens is 252 g/mol. The predicted octanol–water partition coefficient (Wildman–Crippen LogP) is 2.33. The SMILES string of the molecule is Cc1ccc(S(=O)(=O)CCCCC(=O)O)cc1C. The van der Waals surface area contributed by atoms with Crippen LogP contribution >= 0.6 is 0 Å². The van der Waals surface area contributed by atoms with Gasteiger partial charge in [-0.1, -0.05) is 6.07 Å². The van der Waals surface area contributed by atoms with Crippen molar-refractivity contribution in [2.45, 2.75) is 38.0 Å². The molecule has 1 N–H and O–H groups in total. The molecule has 0 aromatic heterocycles. The van der Waals surface area contributed by atoms with E-state index < -0.39 is 15.8 Å². The molecule has 0 fully saturated rings. The summed E-state index contributed by atoms with van der Waals surface area (Å²) in [6.45, 7) is 3.80. The van der Waals surface area contributed by atoms with E-state index in [1.165, 1.54) is 0 Å². The van der Waals surface area contributed by atoms with E-state index in [4.69, 9.17) is 5.11 Å². The van der Waals surface area contributed by atoms with Crippen LogP contribution < -0.4 is 0 Å². The Bertz CT molecular complexity index is 532. The van der Waals surface area contributed by atoms with E-state index in [9.17, 15) is 13.2 Å². The highest BCUT2D eigenvalue weighted by molar-refractivity contribution is 7.91. The summed E-state index contributed by atoms with van der Waals surface area (Å²) in [5.41, 5.74) is 2.00. The molecule has 0 unspecified atom stereocenters. The maximum Gasteiger partial charge on any atom is 0.303 e. The van der Waals surface area contributed by atoms with Crippen LogP contribution in [0.5, 0.6) is 0 Å². The van der Waals surface area contributed by atoms with Crippen LogP contribution in [-0.4, -0.2) is 25.2 Å². The fraction of sp³-hybridized carbons (Fsp3) is 0.462. The van der Waals surface area contributed by atoms with Crippen LogP contribution in [0, 0.1) is 13.8 Å². The molecule has 0 aliphatic rings. The van der Waals surface area contributed by atoms with Gasteiger partial charge in [0.1, 0.15) is 0 Å². The maximum atomic E-state index is 12.0. The summed E-state index contributed by atoms with van der Waals surface area (Å²) in [5, 5.41) is 8.48. The summed E-state index contributed by atoms with van der Waals surface area (Å²) in [6, 6.07) is 5.07. The van der Waals surface area contributed by atoms with Gasteiger partial charge in [0.15, 0.2) is 9.84 Å². The Morgan fingerprint density at radius 3 is 2.39 bits per heavy atom. The van der Waals surface area contributed by atoms with Crippen LogP contribution in [0.1, 0.15) is 30.4 Å². The third-order valence-corrected chi connectivity index (χ3v) is 4.69. The highest BCUT2D eigenvalue weighted by atomic mass is 32.2. The van der Waals surface area contributed by atoms with Crippen molar-refractivity contribution in [3.8, 4) is 0 Å². The first kappa shape index (κ1) is 14.7. The molecule has 0 spiro atoms. The Labute approximate surface area is 108 Å². The third kappa shape index (κ3) is 4.14. The summed E-state index contributed by atoms with van der Waals surface area (Å²) >= 11 is 0. The summed E-state index contributed by atoms with van der Waals surface area (Å²) < 4.78 is 24.0. The zero-order valence-electron chi connectivity index (χ0n) is 10.6. The molecule has 1 aromatic rings. The highest BCUT2D eigenvalue weighted by Crippen LogP contribution is 2.17. The number of aryl methyl sites for hydroxylation is 2. The average molecular weight is 270 g/mol. The van der Waals surface area contributed by atoms with Gasteiger partial charge >= 0.3 is 5.97 Å². The smallest absolute Gasteiger partial charge is 0.303 e. The van der Waals surface area contributed by atoms with Crippen molar-refractivity contribution in [3.05, 3.63) is 29.3 Å². The number of aliphatic carboxylic acids is 1. The summed E-state index contributed by atoms with van der Waals surface area (Å²) in [7, 11) is -3.29. The van der Waals surface area contributed by atoms with Gasteiger partial charge in [-0.2, -0.15) is 0 Å². The number of sulfone groups is 1. The van der Waals surface area contributed by atoms with Crippen LogP contribution in [0.4, 0.5) is 0 Å². The molecule has 0 amide bonds. The molecule has 1 aromatic carbocycles. The van der Waals surface area contributed by atoms with Gasteiger partial charge < -0.3 is 5.11 Å². The zero-order chi connectivity index (χ0) is 13.8. The summed E-state index contributed by atoms with van der Waals surface area (Å²) in [5.74, 6) is -0.887. The van der Waals surface area contributed by atoms with Crippen molar-refractivity contribution in [1.29, 1.82) is 0 Å². The van der Waals surface area contributed by atoms with E-state index in [0.717, 1.165) is 11.1 Å². The lowest BCUT2D eigenvalue weighted by Gasteiger charge is -2.06. The number of hydrogen-bond donors (Lipinski definition) is 1. The Hall–Kier alpha value is -1.36. The molecule has 18 heavy (non-hydrogen) atoms. The molecule has 100 valence electrons. The Kier molecular flexibility index (Phi) is 4.90. The van der Waals surface area contributed by atoms with E-state index in [-0.39, 0.29) is 12.2 Å². The largest absolute Gasteiger partial charge is 0.481 e. The maximum absolute atomic E-state index is 12.0. The fourth-order valence-electron chi connectivity index (χ4n) is 1.59. The molecule has 0 saturated heterocycles. The standard InChI is InChI=1S/C13H18O4S/c1-10-6-7-12(9-11(10)2)18(16,17)8-4-3-5-13(14)15/h6-7,9H,3-5,8H2,1-2H3,(H,14,15). The van der Waals surface area contributed by atoms with Crippen LogP contribution in [0.15, 0.2) is 23.1 Å². The van der Waals surface area contributed by atoms with Gasteiger partial charge in [0.2, 0.25) is 0 Å². The van der Waals surface area contributed by atoms with Gasteiger partial charge in [0.25, 0.3) is 0 Å². The van der Waals surface area contributed by atoms with Gasteiger partial charge in [0.05, 0.1) is 10.6 Å². The second kappa shape index (κ2) is 6.00. The van der Waals surface area contributed by atoms with E-state index in [2.05, 4.69) is 0 Å². The minimum Gasteiger partial charge on any atom is -0.481 e. The molecular formula is C13H18O4S. The molecule has 1 rings (SSSR count). The first-order valence-electron chi connectivity index (χ1n) is 5.85. The van der Waals surface area contributed by atoms with E-state index in [1.54, 1.807) is 18.2 Å². The summed E-state index contributed by atoms with van der Waals surface area (Å²) in [4.78, 5) is 10.6. The van der Waals surface area contributed by atoms with Gasteiger partial charge in [-0.05, 0) is 49.9 Å². The van der Waals surface area contributed by atoms with Crippen molar-refractivity contribution < 1.29 is 18.3 Å². The van der Waals surface area contributed by atoms with Gasteiger partial charge in [-0.25, -0.2) is 8.42 Å². The molecule has 0 atom stereocenters. The second-order valence-electron chi connectivity index (χ2n) is 4.42. The van der Waals surface area contributed by atoms with Gasteiger partial charge in [0, 0.05) is 6.42 Å². The Morgan fingerprint density at radius 2 is 1.83 bits per heavy atom. The highest BCUT2D eigenvalue weighted by Gasteiger charge is 2.14. The van der Waals surface area contributed by atoms with E-state index in [0.29, 0.717) is 17.7 Å². The fourth-order valence-corrected chi connectivity index (χ4v) is 3.05. The van der Waals surface area contributed by atoms with E-state index in [1.807, 2.05) is 13.8 Å². The van der Waals surface area contributed by atoms with Crippen LogP contribution in [0.25, 0.3) is 0 Å². The van der Waals surface area contributed by atoms with Crippen molar-refractivity contribution in [3.63, 3.8) is 0 Å². The zero-order valence-corrected chi connectivity index (χ0v) is 11.5.